The first kappa shape index (κ1) is 26.1. The van der Waals surface area contributed by atoms with Crippen molar-refractivity contribution in [1.82, 2.24) is 19.2 Å². The maximum atomic E-state index is 13.6. The van der Waals surface area contributed by atoms with E-state index < -0.39 is 23.1 Å². The Morgan fingerprint density at radius 1 is 1.05 bits per heavy atom. The minimum Gasteiger partial charge on any atom is -0.466 e. The van der Waals surface area contributed by atoms with Crippen molar-refractivity contribution in [3.05, 3.63) is 91.3 Å². The van der Waals surface area contributed by atoms with Gasteiger partial charge in [0, 0.05) is 13.1 Å². The number of ether oxygens (including phenoxy) is 1. The van der Waals surface area contributed by atoms with Crippen LogP contribution in [0.2, 0.25) is 0 Å². The van der Waals surface area contributed by atoms with E-state index in [9.17, 15) is 19.2 Å². The van der Waals surface area contributed by atoms with E-state index in [2.05, 4.69) is 5.10 Å². The number of hydrogen-bond donors (Lipinski definition) is 0. The van der Waals surface area contributed by atoms with Crippen LogP contribution in [0.3, 0.4) is 0 Å². The Bertz CT molecular complexity index is 1460. The van der Waals surface area contributed by atoms with Crippen LogP contribution >= 0.6 is 0 Å². The standard InChI is InChI=1S/C28H32N4O5/c1-5-37-27(35)22-10-7-13-30(17-22)25(33)24-26(34)31(16-21-9-6-8-18(2)14-21)28(36)32(29-24)23-12-11-19(3)20(4)15-23/h6,8-9,11-12,14-15,22H,5,7,10,13,16-17H2,1-4H3/t22-/m1/s1. The zero-order valence-electron chi connectivity index (χ0n) is 21.7. The number of carbonyl (C=O) groups is 2. The van der Waals surface area contributed by atoms with E-state index in [0.29, 0.717) is 25.1 Å². The van der Waals surface area contributed by atoms with E-state index in [4.69, 9.17) is 4.74 Å². The molecule has 4 rings (SSSR count). The largest absolute Gasteiger partial charge is 0.466 e. The van der Waals surface area contributed by atoms with Gasteiger partial charge in [-0.3, -0.25) is 19.0 Å². The Morgan fingerprint density at radius 3 is 2.54 bits per heavy atom. The van der Waals surface area contributed by atoms with Gasteiger partial charge in [0.1, 0.15) is 0 Å². The molecule has 1 fully saturated rings. The Labute approximate surface area is 215 Å². The fraction of sp³-hybridized carbons (Fsp3) is 0.393. The van der Waals surface area contributed by atoms with Gasteiger partial charge in [0.15, 0.2) is 0 Å². The quantitative estimate of drug-likeness (QED) is 0.478. The van der Waals surface area contributed by atoms with Crippen LogP contribution in [-0.2, 0) is 16.1 Å². The molecule has 1 atom stereocenters. The molecule has 37 heavy (non-hydrogen) atoms. The molecule has 0 N–H and O–H groups in total. The monoisotopic (exact) mass is 504 g/mol. The van der Waals surface area contributed by atoms with Gasteiger partial charge in [-0.25, -0.2) is 4.79 Å². The van der Waals surface area contributed by atoms with Gasteiger partial charge < -0.3 is 9.64 Å². The SMILES string of the molecule is CCOC(=O)[C@@H]1CCCN(C(=O)c2nn(-c3ccc(C)c(C)c3)c(=O)n(Cc3cccc(C)c3)c2=O)C1. The van der Waals surface area contributed by atoms with Gasteiger partial charge in [-0.05, 0) is 69.4 Å². The van der Waals surface area contributed by atoms with Crippen molar-refractivity contribution >= 4 is 11.9 Å². The van der Waals surface area contributed by atoms with E-state index in [-0.39, 0.29) is 31.4 Å². The number of carbonyl (C=O) groups excluding carboxylic acids is 2. The predicted molar refractivity (Wildman–Crippen MR) is 139 cm³/mol. The third-order valence-corrected chi connectivity index (χ3v) is 6.75. The summed E-state index contributed by atoms with van der Waals surface area (Å²) in [5.74, 6) is -1.42. The number of hydrogen-bond acceptors (Lipinski definition) is 6. The number of aryl methyl sites for hydroxylation is 3. The minimum atomic E-state index is -0.755. The van der Waals surface area contributed by atoms with Crippen molar-refractivity contribution < 1.29 is 14.3 Å². The third kappa shape index (κ3) is 5.55. The molecular formula is C28H32N4O5. The summed E-state index contributed by atoms with van der Waals surface area (Å²) in [4.78, 5) is 54.4. The average Bonchev–Trinajstić information content (AvgIpc) is 2.88. The van der Waals surface area contributed by atoms with E-state index in [1.807, 2.05) is 51.1 Å². The molecule has 2 heterocycles. The van der Waals surface area contributed by atoms with Crippen LogP contribution in [-0.4, -0.2) is 50.8 Å². The summed E-state index contributed by atoms with van der Waals surface area (Å²) in [5, 5.41) is 4.28. The van der Waals surface area contributed by atoms with Gasteiger partial charge in [0.05, 0.1) is 24.8 Å². The molecule has 0 spiro atoms. The highest BCUT2D eigenvalue weighted by Gasteiger charge is 2.32. The molecule has 9 nitrogen and oxygen atoms in total. The molecule has 0 unspecified atom stereocenters. The third-order valence-electron chi connectivity index (χ3n) is 6.75. The second kappa shape index (κ2) is 10.9. The van der Waals surface area contributed by atoms with E-state index in [1.165, 1.54) is 4.90 Å². The van der Waals surface area contributed by atoms with Gasteiger partial charge in [-0.2, -0.15) is 9.78 Å². The number of likely N-dealkylation sites (tertiary alicyclic amines) is 1. The average molecular weight is 505 g/mol. The minimum absolute atomic E-state index is 0.00155. The number of benzene rings is 2. The molecule has 1 aliphatic rings. The molecule has 0 aliphatic carbocycles. The van der Waals surface area contributed by atoms with Crippen LogP contribution in [0, 0.1) is 26.7 Å². The summed E-state index contributed by atoms with van der Waals surface area (Å²) in [5.41, 5.74) is 2.46. The summed E-state index contributed by atoms with van der Waals surface area (Å²) >= 11 is 0. The molecule has 0 radical (unpaired) electrons. The summed E-state index contributed by atoms with van der Waals surface area (Å²) in [7, 11) is 0. The zero-order valence-corrected chi connectivity index (χ0v) is 21.7. The van der Waals surface area contributed by atoms with Crippen molar-refractivity contribution in [1.29, 1.82) is 0 Å². The number of esters is 1. The first-order chi connectivity index (χ1) is 17.7. The first-order valence-electron chi connectivity index (χ1n) is 12.5. The second-order valence-corrected chi connectivity index (χ2v) is 9.53. The molecule has 0 saturated carbocycles. The molecule has 1 saturated heterocycles. The van der Waals surface area contributed by atoms with Crippen molar-refractivity contribution in [2.75, 3.05) is 19.7 Å². The fourth-order valence-corrected chi connectivity index (χ4v) is 4.57. The molecule has 1 aromatic heterocycles. The van der Waals surface area contributed by atoms with Crippen LogP contribution in [0.25, 0.3) is 5.69 Å². The normalized spacial score (nSPS) is 15.5. The first-order valence-corrected chi connectivity index (χ1v) is 12.5. The topological polar surface area (TPSA) is 104 Å². The lowest BCUT2D eigenvalue weighted by Crippen LogP contribution is -2.49. The lowest BCUT2D eigenvalue weighted by Gasteiger charge is -2.31. The maximum absolute atomic E-state index is 13.6. The highest BCUT2D eigenvalue weighted by Crippen LogP contribution is 2.19. The fourth-order valence-electron chi connectivity index (χ4n) is 4.57. The summed E-state index contributed by atoms with van der Waals surface area (Å²) in [6, 6.07) is 12.9. The Balaban J connectivity index is 1.81. The maximum Gasteiger partial charge on any atom is 0.352 e. The van der Waals surface area contributed by atoms with Gasteiger partial charge in [-0.1, -0.05) is 35.9 Å². The molecule has 9 heteroatoms. The van der Waals surface area contributed by atoms with Crippen LogP contribution in [0.15, 0.2) is 52.1 Å². The van der Waals surface area contributed by atoms with E-state index >= 15 is 0 Å². The van der Waals surface area contributed by atoms with E-state index in [0.717, 1.165) is 31.5 Å². The molecule has 1 amide bonds. The number of nitrogens with zero attached hydrogens (tertiary/aromatic N) is 4. The van der Waals surface area contributed by atoms with Crippen LogP contribution in [0.1, 0.15) is 52.5 Å². The number of piperidine rings is 1. The highest BCUT2D eigenvalue weighted by atomic mass is 16.5. The second-order valence-electron chi connectivity index (χ2n) is 9.53. The van der Waals surface area contributed by atoms with Crippen LogP contribution < -0.4 is 11.2 Å². The van der Waals surface area contributed by atoms with Crippen molar-refractivity contribution in [2.45, 2.75) is 47.1 Å². The van der Waals surface area contributed by atoms with Gasteiger partial charge in [-0.15, -0.1) is 0 Å². The summed E-state index contributed by atoms with van der Waals surface area (Å²) in [6.45, 7) is 8.32. The Hall–Kier alpha value is -4.01. The van der Waals surface area contributed by atoms with Crippen LogP contribution in [0.4, 0.5) is 0 Å². The molecular weight excluding hydrogens is 472 g/mol. The van der Waals surface area contributed by atoms with Gasteiger partial charge in [0.25, 0.3) is 11.5 Å². The van der Waals surface area contributed by atoms with Crippen molar-refractivity contribution in [3.63, 3.8) is 0 Å². The Kier molecular flexibility index (Phi) is 7.71. The Morgan fingerprint density at radius 2 is 1.84 bits per heavy atom. The van der Waals surface area contributed by atoms with Gasteiger partial charge >= 0.3 is 11.7 Å². The smallest absolute Gasteiger partial charge is 0.352 e. The summed E-state index contributed by atoms with van der Waals surface area (Å²) < 4.78 is 7.31. The lowest BCUT2D eigenvalue weighted by atomic mass is 9.98. The number of rotatable bonds is 6. The van der Waals surface area contributed by atoms with Crippen molar-refractivity contribution in [2.24, 2.45) is 5.92 Å². The predicted octanol–water partition coefficient (Wildman–Crippen LogP) is 2.78. The van der Waals surface area contributed by atoms with Gasteiger partial charge in [0.2, 0.25) is 5.69 Å². The molecule has 1 aliphatic heterocycles. The molecule has 3 aromatic rings. The van der Waals surface area contributed by atoms with Crippen molar-refractivity contribution in [3.8, 4) is 5.69 Å². The number of aromatic nitrogens is 3. The molecule has 0 bridgehead atoms. The van der Waals surface area contributed by atoms with E-state index in [1.54, 1.807) is 19.1 Å². The summed E-state index contributed by atoms with van der Waals surface area (Å²) in [6.07, 6.45) is 1.21. The molecule has 194 valence electrons. The highest BCUT2D eigenvalue weighted by molar-refractivity contribution is 5.92. The number of amides is 1. The zero-order chi connectivity index (χ0) is 26.7. The lowest BCUT2D eigenvalue weighted by molar-refractivity contribution is -0.149. The molecule has 2 aromatic carbocycles. The van der Waals surface area contributed by atoms with Crippen LogP contribution in [0.5, 0.6) is 0 Å².